The number of nitrogens with zero attached hydrogens (tertiary/aromatic N) is 7. The van der Waals surface area contributed by atoms with Crippen LogP contribution in [-0.4, -0.2) is 42.2 Å². The van der Waals surface area contributed by atoms with E-state index in [1.54, 1.807) is 0 Å². The molecule has 3 aliphatic rings. The lowest BCUT2D eigenvalue weighted by Crippen LogP contribution is -2.27. The molecule has 0 spiro atoms. The second-order valence-electron chi connectivity index (χ2n) is 31.9. The summed E-state index contributed by atoms with van der Waals surface area (Å²) in [6.07, 6.45) is 18.3. The summed E-state index contributed by atoms with van der Waals surface area (Å²) in [5, 5.41) is 10.9. The molecule has 2 aliphatic carbocycles. The van der Waals surface area contributed by atoms with Crippen molar-refractivity contribution in [2.45, 2.75) is 25.4 Å². The monoisotopic (exact) mass is 1600 g/mol. The highest BCUT2D eigenvalue weighted by atomic mass is 32.1. The molecule has 8 nitrogen and oxygen atoms in total. The van der Waals surface area contributed by atoms with Crippen LogP contribution in [0.2, 0.25) is 0 Å². The van der Waals surface area contributed by atoms with Crippen LogP contribution in [-0.2, 0) is 6.42 Å². The van der Waals surface area contributed by atoms with Crippen molar-refractivity contribution >= 4 is 137 Å². The minimum absolute atomic E-state index is 0.271. The van der Waals surface area contributed by atoms with Gasteiger partial charge >= 0.3 is 0 Å². The first-order valence-corrected chi connectivity index (χ1v) is 43.3. The third-order valence-corrected chi connectivity index (χ3v) is 27.2. The fraction of sp³-hybridized carbons (Fsp3) is 0.0446. The van der Waals surface area contributed by atoms with Crippen molar-refractivity contribution in [3.05, 3.63) is 402 Å². The van der Waals surface area contributed by atoms with Crippen molar-refractivity contribution in [1.29, 1.82) is 0 Å². The molecule has 0 N–H and O–H groups in total. The Balaban J connectivity index is 0.507. The predicted octanol–water partition coefficient (Wildman–Crippen LogP) is 28.0. The number of hydrogen-bond donors (Lipinski definition) is 0. The molecule has 0 fully saturated rings. The lowest BCUT2D eigenvalue weighted by Gasteiger charge is -2.34. The van der Waals surface area contributed by atoms with Gasteiger partial charge in [-0.2, -0.15) is 0 Å². The molecule has 0 radical (unpaired) electrons. The van der Waals surface area contributed by atoms with Crippen molar-refractivity contribution in [2.75, 3.05) is 7.05 Å². The molecule has 1 unspecified atom stereocenters. The number of fused-ring (bicyclic) bond motifs is 16. The van der Waals surface area contributed by atoms with E-state index in [0.717, 1.165) is 187 Å². The number of hydrogen-bond acceptors (Lipinski definition) is 9. The summed E-state index contributed by atoms with van der Waals surface area (Å²) in [7, 11) is 2.16. The Kier molecular flexibility index (Phi) is 17.0. The molecule has 7 aromatic heterocycles. The van der Waals surface area contributed by atoms with E-state index < -0.39 is 0 Å². The van der Waals surface area contributed by atoms with Crippen LogP contribution < -0.4 is 9.75 Å². The molecule has 574 valence electrons. The van der Waals surface area contributed by atoms with Crippen molar-refractivity contribution in [3.8, 4) is 107 Å². The SMILES string of the molecule is CN1C(c2ccccc2)=CC(c2ccc(-c3ccc(-c4ccc5c(c4)nc(-c4ccc(-c6nc(-c7ccccc7)cc(-c7ccc(-n8c9ccccc9c9ccccc98)cc7)n6)cc4)c4sc6c(c45)=CCC=CC=6)cc3)cc2)=NC1c1ccc(-c2ccc(-c3nc4cc(-c5cccc6c7c(oc56)CCC=C7)ccc4c4c3sc3ccccc34)cc2)cc1. The van der Waals surface area contributed by atoms with Gasteiger partial charge in [-0.25, -0.2) is 19.9 Å². The third-order valence-electron chi connectivity index (χ3n) is 24.8. The van der Waals surface area contributed by atoms with Crippen LogP contribution in [0, 0.1) is 0 Å². The maximum Gasteiger partial charge on any atom is 0.160 e. The number of aliphatic imine (C=N–C) groups is 1. The van der Waals surface area contributed by atoms with Gasteiger partial charge in [0, 0.05) is 116 Å². The van der Waals surface area contributed by atoms with Gasteiger partial charge in [-0.1, -0.05) is 322 Å². The molecule has 122 heavy (non-hydrogen) atoms. The second-order valence-corrected chi connectivity index (χ2v) is 34.0. The zero-order chi connectivity index (χ0) is 80.5. The van der Waals surface area contributed by atoms with Gasteiger partial charge in [0.2, 0.25) is 0 Å². The highest BCUT2D eigenvalue weighted by molar-refractivity contribution is 7.26. The zero-order valence-corrected chi connectivity index (χ0v) is 68.1. The summed E-state index contributed by atoms with van der Waals surface area (Å²) in [6, 6.07) is 123. The van der Waals surface area contributed by atoms with Crippen molar-refractivity contribution in [2.24, 2.45) is 4.99 Å². The van der Waals surface area contributed by atoms with E-state index >= 15 is 0 Å². The number of allylic oxidation sites excluding steroid dienone is 4. The summed E-state index contributed by atoms with van der Waals surface area (Å²) in [6.45, 7) is 0. The van der Waals surface area contributed by atoms with Crippen LogP contribution in [0.5, 0.6) is 0 Å². The largest absolute Gasteiger partial charge is 0.460 e. The van der Waals surface area contributed by atoms with Gasteiger partial charge in [0.25, 0.3) is 0 Å². The van der Waals surface area contributed by atoms with Gasteiger partial charge in [0.15, 0.2) is 5.82 Å². The number of pyridine rings is 2. The molecule has 0 saturated carbocycles. The van der Waals surface area contributed by atoms with Gasteiger partial charge < -0.3 is 13.9 Å². The molecule has 0 amide bonds. The molecule has 0 saturated heterocycles. The van der Waals surface area contributed by atoms with Gasteiger partial charge in [-0.15, -0.1) is 22.7 Å². The number of furan rings is 1. The topological polar surface area (TPSA) is 85.2 Å². The first-order chi connectivity index (χ1) is 60.3. The van der Waals surface area contributed by atoms with Gasteiger partial charge in [0.05, 0.1) is 60.0 Å². The Bertz CT molecular complexity index is 8060. The Hall–Kier alpha value is -15.1. The minimum atomic E-state index is -0.271. The van der Waals surface area contributed by atoms with E-state index in [9.17, 15) is 0 Å². The van der Waals surface area contributed by atoms with Crippen LogP contribution in [0.4, 0.5) is 0 Å². The molecular weight excluding hydrogens is 1520 g/mol. The third kappa shape index (κ3) is 12.2. The first kappa shape index (κ1) is 71.1. The summed E-state index contributed by atoms with van der Waals surface area (Å²) in [4.78, 5) is 29.6. The summed E-state index contributed by atoms with van der Waals surface area (Å²) >= 11 is 3.64. The molecular formula is C112H73N7OS2. The highest BCUT2D eigenvalue weighted by Gasteiger charge is 2.28. The van der Waals surface area contributed by atoms with Gasteiger partial charge in [0.1, 0.15) is 17.5 Å². The predicted molar refractivity (Wildman–Crippen MR) is 511 cm³/mol. The number of aryl methyl sites for hydroxylation is 1. The van der Waals surface area contributed by atoms with Crippen molar-refractivity contribution < 1.29 is 4.42 Å². The van der Waals surface area contributed by atoms with E-state index in [2.05, 4.69) is 393 Å². The Morgan fingerprint density at radius 1 is 0.402 bits per heavy atom. The maximum absolute atomic E-state index is 6.63. The first-order valence-electron chi connectivity index (χ1n) is 41.7. The zero-order valence-electron chi connectivity index (χ0n) is 66.4. The number of aromatic nitrogens is 5. The molecule has 10 heteroatoms. The van der Waals surface area contributed by atoms with E-state index in [1.807, 2.05) is 28.7 Å². The Morgan fingerprint density at radius 3 is 1.60 bits per heavy atom. The molecule has 21 aromatic rings. The summed E-state index contributed by atoms with van der Waals surface area (Å²) < 4.78 is 13.8. The Morgan fingerprint density at radius 2 is 0.926 bits per heavy atom. The second kappa shape index (κ2) is 29.2. The van der Waals surface area contributed by atoms with Gasteiger partial charge in [-0.05, 0) is 134 Å². The number of benzene rings is 14. The average Bonchev–Trinajstić information content (AvgIpc) is 1.64. The number of thiophene rings is 2. The number of para-hydroxylation sites is 3. The highest BCUT2D eigenvalue weighted by Crippen LogP contribution is 2.47. The molecule has 14 aromatic carbocycles. The van der Waals surface area contributed by atoms with Crippen LogP contribution in [0.25, 0.3) is 215 Å². The lowest BCUT2D eigenvalue weighted by atomic mass is 9.96. The lowest BCUT2D eigenvalue weighted by molar-refractivity contribution is 0.364. The van der Waals surface area contributed by atoms with E-state index in [4.69, 9.17) is 29.3 Å². The van der Waals surface area contributed by atoms with Crippen LogP contribution in [0.15, 0.2) is 373 Å². The minimum Gasteiger partial charge on any atom is -0.460 e. The molecule has 1 atom stereocenters. The van der Waals surface area contributed by atoms with E-state index in [1.165, 1.54) is 67.4 Å². The molecule has 1 aliphatic heterocycles. The number of rotatable bonds is 13. The fourth-order valence-corrected chi connectivity index (χ4v) is 21.1. The van der Waals surface area contributed by atoms with E-state index in [0.29, 0.717) is 5.82 Å². The van der Waals surface area contributed by atoms with Crippen molar-refractivity contribution in [1.82, 2.24) is 29.4 Å². The summed E-state index contributed by atoms with van der Waals surface area (Å²) in [5.74, 6) is 1.73. The van der Waals surface area contributed by atoms with Gasteiger partial charge in [-0.3, -0.25) is 4.99 Å². The van der Waals surface area contributed by atoms with Crippen LogP contribution in [0.3, 0.4) is 0 Å². The average molecular weight is 1600 g/mol. The quantitative estimate of drug-likeness (QED) is 0.114. The van der Waals surface area contributed by atoms with E-state index in [-0.39, 0.29) is 6.17 Å². The van der Waals surface area contributed by atoms with Crippen LogP contribution in [0.1, 0.15) is 47.0 Å². The fourth-order valence-electron chi connectivity index (χ4n) is 18.6. The van der Waals surface area contributed by atoms with Crippen LogP contribution >= 0.6 is 22.7 Å². The summed E-state index contributed by atoms with van der Waals surface area (Å²) in [5.41, 5.74) is 30.5. The normalized spacial score (nSPS) is 13.9. The standard InChI is InChI=1S/C112H73N7OS2/c1-118-100(76-22-7-3-8-23-76)67-95(117-112(118)80-54-44-71(45-55-80)70-42-48-77(49-43-70)106-110-105(92-28-14-18-35-103(92)122-110)90-63-59-82(65-97(90)114-106)84-29-19-30-88-87-26-13-17-33-101(87)120-108(84)88)74-46-40-69(41-47-74)68-36-38-72(39-37-68)81-58-62-89-96(64-81)113-107(109-104(89)91-27-9-4-10-34-102(91)121-109)78-50-52-79(53-51-78)111-115-93(73-20-5-2-6-21-73)66-94(116-111)75-56-60-83(61-57-75)119-98-31-15-11-24-85(98)86-25-12-16-32-99(86)119/h2-8,10-16,18-32,34-67,112H,9,17,33H2,1H3. The molecule has 0 bridgehead atoms. The Labute approximate surface area is 711 Å². The molecule has 8 heterocycles. The molecule has 24 rings (SSSR count). The maximum atomic E-state index is 6.63. The smallest absolute Gasteiger partial charge is 0.160 e. The van der Waals surface area contributed by atoms with Crippen molar-refractivity contribution in [3.63, 3.8) is 0 Å².